The lowest BCUT2D eigenvalue weighted by molar-refractivity contribution is -0.151. The van der Waals surface area contributed by atoms with E-state index in [0.717, 1.165) is 38.8 Å². The van der Waals surface area contributed by atoms with Crippen LogP contribution in [-0.2, 0) is 4.79 Å². The van der Waals surface area contributed by atoms with Crippen LogP contribution in [0.3, 0.4) is 0 Å². The van der Waals surface area contributed by atoms with Crippen molar-refractivity contribution in [2.75, 3.05) is 13.1 Å². The van der Waals surface area contributed by atoms with Crippen molar-refractivity contribution in [2.24, 2.45) is 0 Å². The molecule has 2 heterocycles. The summed E-state index contributed by atoms with van der Waals surface area (Å²) in [5, 5.41) is 9.16. The summed E-state index contributed by atoms with van der Waals surface area (Å²) in [5.74, 6) is -0.598. The minimum Gasteiger partial charge on any atom is -0.480 e. The summed E-state index contributed by atoms with van der Waals surface area (Å²) in [7, 11) is 0. The van der Waals surface area contributed by atoms with Gasteiger partial charge in [-0.05, 0) is 45.2 Å². The lowest BCUT2D eigenvalue weighted by Gasteiger charge is -2.38. The van der Waals surface area contributed by atoms with Crippen molar-refractivity contribution in [3.63, 3.8) is 0 Å². The van der Waals surface area contributed by atoms with Gasteiger partial charge < -0.3 is 5.11 Å². The van der Waals surface area contributed by atoms with Crippen LogP contribution in [0.25, 0.3) is 0 Å². The highest BCUT2D eigenvalue weighted by atomic mass is 16.4. The Morgan fingerprint density at radius 1 is 1.17 bits per heavy atom. The minimum absolute atomic E-state index is 0.460. The standard InChI is InChI=1S/C9H15NO2/c11-8(12)9-4-1-2-6-10(9)7-3-5-9/h1-7H2,(H,11,12). The molecule has 2 rings (SSSR count). The van der Waals surface area contributed by atoms with Gasteiger partial charge in [0, 0.05) is 0 Å². The molecule has 0 saturated carbocycles. The Hall–Kier alpha value is -0.570. The molecular formula is C9H15NO2. The van der Waals surface area contributed by atoms with Gasteiger partial charge in [-0.1, -0.05) is 0 Å². The van der Waals surface area contributed by atoms with Crippen LogP contribution in [0.5, 0.6) is 0 Å². The first-order valence-corrected chi connectivity index (χ1v) is 4.74. The topological polar surface area (TPSA) is 40.5 Å². The fourth-order valence-corrected chi connectivity index (χ4v) is 2.61. The Morgan fingerprint density at radius 2 is 1.83 bits per heavy atom. The zero-order valence-corrected chi connectivity index (χ0v) is 7.25. The number of nitrogens with zero attached hydrogens (tertiary/aromatic N) is 1. The highest BCUT2D eigenvalue weighted by Gasteiger charge is 2.48. The van der Waals surface area contributed by atoms with Crippen LogP contribution in [0.2, 0.25) is 0 Å². The van der Waals surface area contributed by atoms with Crippen molar-refractivity contribution < 1.29 is 9.90 Å². The molecule has 0 bridgehead atoms. The van der Waals surface area contributed by atoms with Crippen LogP contribution in [-0.4, -0.2) is 34.6 Å². The molecule has 0 aliphatic carbocycles. The van der Waals surface area contributed by atoms with Crippen LogP contribution in [0.15, 0.2) is 0 Å². The SMILES string of the molecule is O=C(O)C12CCCCN1CCC2. The van der Waals surface area contributed by atoms with Crippen LogP contribution in [0, 0.1) is 0 Å². The van der Waals surface area contributed by atoms with E-state index in [-0.39, 0.29) is 0 Å². The molecule has 2 aliphatic rings. The first-order valence-electron chi connectivity index (χ1n) is 4.74. The number of hydrogen-bond acceptors (Lipinski definition) is 2. The van der Waals surface area contributed by atoms with Gasteiger partial charge >= 0.3 is 5.97 Å². The van der Waals surface area contributed by atoms with E-state index in [1.54, 1.807) is 0 Å². The van der Waals surface area contributed by atoms with Gasteiger partial charge in [-0.2, -0.15) is 0 Å². The summed E-state index contributed by atoms with van der Waals surface area (Å²) in [6.45, 7) is 1.98. The van der Waals surface area contributed by atoms with Crippen LogP contribution >= 0.6 is 0 Å². The number of aliphatic carboxylic acids is 1. The maximum atomic E-state index is 11.1. The zero-order chi connectivity index (χ0) is 8.60. The minimum atomic E-state index is -0.598. The van der Waals surface area contributed by atoms with Gasteiger partial charge in [0.05, 0.1) is 0 Å². The summed E-state index contributed by atoms with van der Waals surface area (Å²) < 4.78 is 0. The Morgan fingerprint density at radius 3 is 2.50 bits per heavy atom. The van der Waals surface area contributed by atoms with Gasteiger partial charge in [0.15, 0.2) is 0 Å². The van der Waals surface area contributed by atoms with Gasteiger partial charge in [-0.3, -0.25) is 9.69 Å². The lowest BCUT2D eigenvalue weighted by atomic mass is 9.87. The van der Waals surface area contributed by atoms with E-state index in [4.69, 9.17) is 5.11 Å². The number of carbonyl (C=O) groups is 1. The second kappa shape index (κ2) is 2.73. The molecule has 1 atom stereocenters. The molecule has 68 valence electrons. The highest BCUT2D eigenvalue weighted by Crippen LogP contribution is 2.37. The molecule has 2 aliphatic heterocycles. The molecule has 3 heteroatoms. The molecule has 0 radical (unpaired) electrons. The Kier molecular flexibility index (Phi) is 1.83. The summed E-state index contributed by atoms with van der Waals surface area (Å²) in [6.07, 6.45) is 5.05. The number of carboxylic acid groups (broad SMARTS) is 1. The van der Waals surface area contributed by atoms with E-state index in [1.165, 1.54) is 6.42 Å². The van der Waals surface area contributed by atoms with Crippen molar-refractivity contribution in [3.8, 4) is 0 Å². The van der Waals surface area contributed by atoms with E-state index in [2.05, 4.69) is 4.90 Å². The highest BCUT2D eigenvalue weighted by molar-refractivity contribution is 5.79. The monoisotopic (exact) mass is 169 g/mol. The summed E-state index contributed by atoms with van der Waals surface area (Å²) in [6, 6.07) is 0. The molecule has 2 fully saturated rings. The molecule has 1 N–H and O–H groups in total. The maximum absolute atomic E-state index is 11.1. The van der Waals surface area contributed by atoms with Gasteiger partial charge in [0.25, 0.3) is 0 Å². The van der Waals surface area contributed by atoms with Gasteiger partial charge in [0.2, 0.25) is 0 Å². The second-order valence-electron chi connectivity index (χ2n) is 3.88. The fraction of sp³-hybridized carbons (Fsp3) is 0.889. The molecule has 0 aromatic carbocycles. The molecule has 0 spiro atoms. The number of piperidine rings is 1. The fourth-order valence-electron chi connectivity index (χ4n) is 2.61. The predicted molar refractivity (Wildman–Crippen MR) is 45.0 cm³/mol. The number of carboxylic acids is 1. The summed E-state index contributed by atoms with van der Waals surface area (Å²) in [5.41, 5.74) is -0.460. The summed E-state index contributed by atoms with van der Waals surface area (Å²) in [4.78, 5) is 13.3. The number of fused-ring (bicyclic) bond motifs is 1. The number of rotatable bonds is 1. The molecule has 12 heavy (non-hydrogen) atoms. The van der Waals surface area contributed by atoms with Crippen molar-refractivity contribution in [3.05, 3.63) is 0 Å². The molecular weight excluding hydrogens is 154 g/mol. The van der Waals surface area contributed by atoms with Crippen molar-refractivity contribution >= 4 is 5.97 Å². The Labute approximate surface area is 72.4 Å². The Balaban J connectivity index is 2.23. The van der Waals surface area contributed by atoms with E-state index in [0.29, 0.717) is 0 Å². The molecule has 1 unspecified atom stereocenters. The molecule has 2 saturated heterocycles. The third kappa shape index (κ3) is 0.959. The van der Waals surface area contributed by atoms with E-state index in [9.17, 15) is 4.79 Å². The number of hydrogen-bond donors (Lipinski definition) is 1. The van der Waals surface area contributed by atoms with Crippen LogP contribution < -0.4 is 0 Å². The van der Waals surface area contributed by atoms with Crippen LogP contribution in [0.1, 0.15) is 32.1 Å². The second-order valence-corrected chi connectivity index (χ2v) is 3.88. The smallest absolute Gasteiger partial charge is 0.324 e. The van der Waals surface area contributed by atoms with Gasteiger partial charge in [-0.15, -0.1) is 0 Å². The zero-order valence-electron chi connectivity index (χ0n) is 7.25. The average Bonchev–Trinajstić information content (AvgIpc) is 2.48. The van der Waals surface area contributed by atoms with E-state index < -0.39 is 11.5 Å². The van der Waals surface area contributed by atoms with E-state index >= 15 is 0 Å². The van der Waals surface area contributed by atoms with Crippen molar-refractivity contribution in [1.82, 2.24) is 4.90 Å². The molecule has 0 aromatic rings. The molecule has 3 nitrogen and oxygen atoms in total. The van der Waals surface area contributed by atoms with Crippen molar-refractivity contribution in [2.45, 2.75) is 37.6 Å². The first kappa shape index (κ1) is 8.05. The quantitative estimate of drug-likeness (QED) is 0.638. The molecule has 0 aromatic heterocycles. The average molecular weight is 169 g/mol. The lowest BCUT2D eigenvalue weighted by Crippen LogP contribution is -2.53. The maximum Gasteiger partial charge on any atom is 0.324 e. The summed E-state index contributed by atoms with van der Waals surface area (Å²) >= 11 is 0. The largest absolute Gasteiger partial charge is 0.480 e. The van der Waals surface area contributed by atoms with E-state index in [1.807, 2.05) is 0 Å². The predicted octanol–water partition coefficient (Wildman–Crippen LogP) is 1.09. The normalized spacial score (nSPS) is 36.3. The van der Waals surface area contributed by atoms with Crippen LogP contribution in [0.4, 0.5) is 0 Å². The van der Waals surface area contributed by atoms with Gasteiger partial charge in [0.1, 0.15) is 5.54 Å². The van der Waals surface area contributed by atoms with Gasteiger partial charge in [-0.25, -0.2) is 0 Å². The Bertz CT molecular complexity index is 205. The van der Waals surface area contributed by atoms with Crippen molar-refractivity contribution in [1.29, 1.82) is 0 Å². The molecule has 0 amide bonds. The third-order valence-electron chi connectivity index (χ3n) is 3.29. The first-order chi connectivity index (χ1) is 5.76. The third-order valence-corrected chi connectivity index (χ3v) is 3.29.